The van der Waals surface area contributed by atoms with Crippen LogP contribution in [0.3, 0.4) is 0 Å². The first kappa shape index (κ1) is 22.4. The normalized spacial score (nSPS) is 13.0. The minimum atomic E-state index is -3.75. The minimum Gasteiger partial charge on any atom is -0.465 e. The summed E-state index contributed by atoms with van der Waals surface area (Å²) in [6.07, 6.45) is 3.42. The average Bonchev–Trinajstić information content (AvgIpc) is 2.68. The van der Waals surface area contributed by atoms with Crippen LogP contribution in [0.15, 0.2) is 48.5 Å². The number of carbonyl (C=O) groups is 2. The fraction of sp³-hybridized carbons (Fsp3) is 0.364. The van der Waals surface area contributed by atoms with Crippen molar-refractivity contribution in [1.29, 1.82) is 0 Å². The molecule has 0 saturated carbocycles. The third-order valence-corrected chi connectivity index (χ3v) is 7.58. The van der Waals surface area contributed by atoms with Gasteiger partial charge in [-0.2, -0.15) is 0 Å². The number of ether oxygens (including phenoxy) is 1. The monoisotopic (exact) mass is 420 g/mol. The van der Waals surface area contributed by atoms with Crippen molar-refractivity contribution in [3.8, 4) is 0 Å². The Morgan fingerprint density at radius 1 is 1.00 bits per heavy atom. The van der Waals surface area contributed by atoms with E-state index < -0.39 is 24.8 Å². The first-order valence-electron chi connectivity index (χ1n) is 9.50. The van der Waals surface area contributed by atoms with E-state index in [2.05, 4.69) is 6.92 Å². The Morgan fingerprint density at radius 2 is 1.71 bits per heavy atom. The Labute approximate surface area is 171 Å². The van der Waals surface area contributed by atoms with E-state index in [1.165, 1.54) is 0 Å². The largest absolute Gasteiger partial charge is 0.465 e. The summed E-state index contributed by atoms with van der Waals surface area (Å²) in [5, 5.41) is 0.566. The maximum Gasteiger partial charge on any atom is 0.314 e. The van der Waals surface area contributed by atoms with Gasteiger partial charge in [0, 0.05) is 10.9 Å². The van der Waals surface area contributed by atoms with Gasteiger partial charge in [0.2, 0.25) is 5.52 Å². The Bertz CT molecular complexity index is 844. The zero-order valence-electron chi connectivity index (χ0n) is 16.3. The lowest BCUT2D eigenvalue weighted by Crippen LogP contribution is -2.22. The highest BCUT2D eigenvalue weighted by molar-refractivity contribution is 7.88. The molecule has 28 heavy (non-hydrogen) atoms. The van der Waals surface area contributed by atoms with Crippen LogP contribution < -0.4 is 5.30 Å². The first-order chi connectivity index (χ1) is 13.4. The Hall–Kier alpha value is -1.90. The summed E-state index contributed by atoms with van der Waals surface area (Å²) in [5.41, 5.74) is 0.221. The number of aryl methyl sites for hydroxylation is 1. The fourth-order valence-electron chi connectivity index (χ4n) is 2.97. The maximum absolute atomic E-state index is 13.9. The summed E-state index contributed by atoms with van der Waals surface area (Å²) in [7, 11) is -3.75. The summed E-state index contributed by atoms with van der Waals surface area (Å²) < 4.78 is 19.1. The standard InChI is InChI=1S/C22H26ClO4P/c1-3-4-5-9-15-27-20(24)16-28(26,18-12-7-6-8-13-18)22(25)21-17(2)11-10-14-19(21)23/h6-8,10-14H,3-5,9,15-16H2,1-2H3. The van der Waals surface area contributed by atoms with Crippen molar-refractivity contribution < 1.29 is 18.9 Å². The first-order valence-corrected chi connectivity index (χ1v) is 11.8. The number of halogens is 1. The number of benzene rings is 2. The van der Waals surface area contributed by atoms with E-state index in [1.54, 1.807) is 55.5 Å². The van der Waals surface area contributed by atoms with Crippen molar-refractivity contribution >= 4 is 35.5 Å². The van der Waals surface area contributed by atoms with Crippen molar-refractivity contribution in [2.24, 2.45) is 0 Å². The van der Waals surface area contributed by atoms with E-state index in [-0.39, 0.29) is 17.2 Å². The van der Waals surface area contributed by atoms with Gasteiger partial charge in [-0.05, 0) is 25.0 Å². The molecule has 0 amide bonds. The van der Waals surface area contributed by atoms with Crippen LogP contribution in [0, 0.1) is 6.92 Å². The van der Waals surface area contributed by atoms with Crippen LogP contribution in [0.25, 0.3) is 0 Å². The highest BCUT2D eigenvalue weighted by Crippen LogP contribution is 2.49. The Kier molecular flexibility index (Phi) is 8.47. The molecule has 0 aliphatic carbocycles. The molecular weight excluding hydrogens is 395 g/mol. The Balaban J connectivity index is 2.28. The van der Waals surface area contributed by atoms with Crippen LogP contribution >= 0.6 is 18.7 Å². The van der Waals surface area contributed by atoms with Gasteiger partial charge in [-0.15, -0.1) is 0 Å². The molecule has 2 aromatic carbocycles. The van der Waals surface area contributed by atoms with Crippen molar-refractivity contribution in [3.63, 3.8) is 0 Å². The second-order valence-corrected chi connectivity index (χ2v) is 9.88. The number of hydrogen-bond donors (Lipinski definition) is 0. The molecule has 2 aromatic rings. The van der Waals surface area contributed by atoms with E-state index >= 15 is 0 Å². The quantitative estimate of drug-likeness (QED) is 0.285. The number of rotatable bonds is 10. The SMILES string of the molecule is CCCCCCOC(=O)CP(=O)(C(=O)c1c(C)cccc1Cl)c1ccccc1. The van der Waals surface area contributed by atoms with Gasteiger partial charge in [0.25, 0.3) is 0 Å². The summed E-state index contributed by atoms with van der Waals surface area (Å²) in [6.45, 7) is 4.11. The molecule has 1 unspecified atom stereocenters. The van der Waals surface area contributed by atoms with Gasteiger partial charge in [0.15, 0.2) is 7.14 Å². The minimum absolute atomic E-state index is 0.201. The third kappa shape index (κ3) is 5.56. The Morgan fingerprint density at radius 3 is 2.36 bits per heavy atom. The summed E-state index contributed by atoms with van der Waals surface area (Å²) in [4.78, 5) is 25.7. The van der Waals surface area contributed by atoms with E-state index in [0.717, 1.165) is 25.7 Å². The van der Waals surface area contributed by atoms with Gasteiger partial charge in [-0.1, -0.05) is 80.3 Å². The van der Waals surface area contributed by atoms with E-state index in [0.29, 0.717) is 10.9 Å². The zero-order chi connectivity index (χ0) is 20.6. The van der Waals surface area contributed by atoms with E-state index in [9.17, 15) is 14.2 Å². The molecule has 0 aromatic heterocycles. The van der Waals surface area contributed by atoms with Crippen LogP contribution in [-0.4, -0.2) is 24.3 Å². The van der Waals surface area contributed by atoms with E-state index in [4.69, 9.17) is 16.3 Å². The van der Waals surface area contributed by atoms with Crippen molar-refractivity contribution in [3.05, 3.63) is 64.7 Å². The van der Waals surface area contributed by atoms with E-state index in [1.807, 2.05) is 0 Å². The van der Waals surface area contributed by atoms with Gasteiger partial charge >= 0.3 is 5.97 Å². The second-order valence-electron chi connectivity index (χ2n) is 6.75. The summed E-state index contributed by atoms with van der Waals surface area (Å²) >= 11 is 6.23. The van der Waals surface area contributed by atoms with Gasteiger partial charge in [-0.3, -0.25) is 9.59 Å². The molecule has 0 aliphatic rings. The molecule has 0 N–H and O–H groups in total. The predicted octanol–water partition coefficient (Wildman–Crippen LogP) is 5.60. The van der Waals surface area contributed by atoms with Gasteiger partial charge < -0.3 is 9.30 Å². The van der Waals surface area contributed by atoms with Gasteiger partial charge in [0.1, 0.15) is 6.16 Å². The number of unbranched alkanes of at least 4 members (excludes halogenated alkanes) is 3. The molecule has 4 nitrogen and oxygen atoms in total. The van der Waals surface area contributed by atoms with Crippen molar-refractivity contribution in [2.45, 2.75) is 39.5 Å². The molecular formula is C22H26ClO4P. The smallest absolute Gasteiger partial charge is 0.314 e. The molecule has 0 bridgehead atoms. The van der Waals surface area contributed by atoms with Crippen LogP contribution in [0.2, 0.25) is 5.02 Å². The number of esters is 1. The molecule has 2 rings (SSSR count). The molecule has 0 heterocycles. The lowest BCUT2D eigenvalue weighted by molar-refractivity contribution is -0.140. The van der Waals surface area contributed by atoms with Crippen LogP contribution in [0.1, 0.15) is 48.5 Å². The second kappa shape index (κ2) is 10.6. The molecule has 0 radical (unpaired) electrons. The number of carbonyl (C=O) groups excluding carboxylic acids is 2. The van der Waals surface area contributed by atoms with Crippen LogP contribution in [0.4, 0.5) is 0 Å². The summed E-state index contributed by atoms with van der Waals surface area (Å²) in [5.74, 6) is -0.623. The highest BCUT2D eigenvalue weighted by atomic mass is 35.5. The van der Waals surface area contributed by atoms with Gasteiger partial charge in [0.05, 0.1) is 11.6 Å². The molecule has 0 aliphatic heterocycles. The third-order valence-electron chi connectivity index (χ3n) is 4.55. The van der Waals surface area contributed by atoms with Crippen molar-refractivity contribution in [1.82, 2.24) is 0 Å². The topological polar surface area (TPSA) is 60.4 Å². The maximum atomic E-state index is 13.9. The number of hydrogen-bond acceptors (Lipinski definition) is 4. The van der Waals surface area contributed by atoms with Crippen LogP contribution in [0.5, 0.6) is 0 Å². The fourth-order valence-corrected chi connectivity index (χ4v) is 5.68. The zero-order valence-corrected chi connectivity index (χ0v) is 18.0. The molecule has 0 spiro atoms. The molecule has 0 fully saturated rings. The van der Waals surface area contributed by atoms with Crippen LogP contribution in [-0.2, 0) is 14.1 Å². The predicted molar refractivity (Wildman–Crippen MR) is 114 cm³/mol. The molecule has 150 valence electrons. The lowest BCUT2D eigenvalue weighted by atomic mass is 10.1. The average molecular weight is 421 g/mol. The molecule has 1 atom stereocenters. The molecule has 6 heteroatoms. The lowest BCUT2D eigenvalue weighted by Gasteiger charge is -2.19. The molecule has 0 saturated heterocycles. The van der Waals surface area contributed by atoms with Crippen molar-refractivity contribution in [2.75, 3.05) is 12.8 Å². The summed E-state index contributed by atoms with van der Waals surface area (Å²) in [6, 6.07) is 13.4. The van der Waals surface area contributed by atoms with Gasteiger partial charge in [-0.25, -0.2) is 0 Å². The highest BCUT2D eigenvalue weighted by Gasteiger charge is 2.39.